The Labute approximate surface area is 230 Å². The minimum Gasteiger partial charge on any atom is -0.451 e. The second-order valence-corrected chi connectivity index (χ2v) is 11.6. The molecule has 11 heteroatoms. The third-order valence-corrected chi connectivity index (χ3v) is 8.18. The van der Waals surface area contributed by atoms with Crippen LogP contribution < -0.4 is 16.4 Å². The normalized spacial score (nSPS) is 24.4. The molecule has 204 valence electrons. The van der Waals surface area contributed by atoms with E-state index in [0.29, 0.717) is 40.3 Å². The van der Waals surface area contributed by atoms with Gasteiger partial charge < -0.3 is 30.7 Å². The van der Waals surface area contributed by atoms with Crippen LogP contribution >= 0.6 is 0 Å². The Morgan fingerprint density at radius 3 is 2.58 bits per heavy atom. The van der Waals surface area contributed by atoms with Gasteiger partial charge in [-0.1, -0.05) is 35.5 Å². The molecule has 8 rings (SSSR count). The lowest BCUT2D eigenvalue weighted by atomic mass is 9.39. The number of nitrogens with one attached hydrogen (secondary N) is 2. The van der Waals surface area contributed by atoms with Crippen LogP contribution in [0.2, 0.25) is 0 Å². The van der Waals surface area contributed by atoms with Gasteiger partial charge in [0.2, 0.25) is 5.95 Å². The molecule has 0 spiro atoms. The molecule has 4 aliphatic rings. The Kier molecular flexibility index (Phi) is 5.29. The van der Waals surface area contributed by atoms with Crippen LogP contribution in [0, 0.1) is 0 Å². The van der Waals surface area contributed by atoms with E-state index in [9.17, 15) is 9.90 Å². The van der Waals surface area contributed by atoms with Gasteiger partial charge in [-0.15, -0.1) is 0 Å². The van der Waals surface area contributed by atoms with E-state index in [1.54, 1.807) is 18.3 Å². The molecule has 2 aromatic carbocycles. The summed E-state index contributed by atoms with van der Waals surface area (Å²) in [5.74, 6) is 1.34. The van der Waals surface area contributed by atoms with E-state index >= 15 is 0 Å². The number of fused-ring (bicyclic) bond motifs is 1. The number of benzene rings is 2. The van der Waals surface area contributed by atoms with Gasteiger partial charge >= 0.3 is 5.97 Å². The highest BCUT2D eigenvalue weighted by Gasteiger charge is 2.68. The number of esters is 1. The van der Waals surface area contributed by atoms with Crippen molar-refractivity contribution in [2.45, 2.75) is 55.7 Å². The first-order valence-electron chi connectivity index (χ1n) is 13.2. The van der Waals surface area contributed by atoms with Crippen LogP contribution in [-0.4, -0.2) is 43.3 Å². The first kappa shape index (κ1) is 24.7. The largest absolute Gasteiger partial charge is 0.451 e. The summed E-state index contributed by atoms with van der Waals surface area (Å²) in [5.41, 5.74) is 8.76. The minimum absolute atomic E-state index is 0.0832. The number of carbonyl (C=O) groups excluding carboxylic acids is 1. The summed E-state index contributed by atoms with van der Waals surface area (Å²) in [4.78, 5) is 26.2. The summed E-state index contributed by atoms with van der Waals surface area (Å²) < 4.78 is 11.2. The molecule has 1 atom stereocenters. The zero-order chi connectivity index (χ0) is 27.7. The van der Waals surface area contributed by atoms with Crippen LogP contribution in [0.5, 0.6) is 0 Å². The predicted octanol–water partition coefficient (Wildman–Crippen LogP) is 3.95. The molecule has 1 unspecified atom stereocenters. The smallest absolute Gasteiger partial charge is 0.339 e. The molecule has 3 fully saturated rings. The number of aliphatic hydroxyl groups excluding tert-OH is 1. The molecule has 3 aliphatic carbocycles. The topological polar surface area (TPSA) is 161 Å². The maximum atomic E-state index is 12.2. The fourth-order valence-electron chi connectivity index (χ4n) is 6.21. The molecule has 40 heavy (non-hydrogen) atoms. The monoisotopic (exact) mass is 539 g/mol. The molecule has 0 saturated heterocycles. The maximum Gasteiger partial charge on any atom is 0.339 e. The molecule has 2 aromatic heterocycles. The van der Waals surface area contributed by atoms with Gasteiger partial charge in [0, 0.05) is 28.4 Å². The number of hydrogen-bond donors (Lipinski definition) is 4. The van der Waals surface area contributed by atoms with E-state index in [-0.39, 0.29) is 23.5 Å². The number of nitrogens with two attached hydrogens (primary N) is 1. The van der Waals surface area contributed by atoms with Gasteiger partial charge in [0.05, 0.1) is 18.2 Å². The van der Waals surface area contributed by atoms with Crippen molar-refractivity contribution in [3.05, 3.63) is 77.2 Å². The maximum absolute atomic E-state index is 12.2. The SMILES string of the molecule is CC1(C)OC(=O)c2ccc(Nc3ncc(-c4nc(C56CC(N)(C5)C6)no4)c(NC(CO)c4ccccc4)n3)cc21. The Morgan fingerprint density at radius 2 is 1.85 bits per heavy atom. The van der Waals surface area contributed by atoms with Crippen LogP contribution in [0.4, 0.5) is 17.5 Å². The molecule has 11 nitrogen and oxygen atoms in total. The van der Waals surface area contributed by atoms with E-state index in [0.717, 1.165) is 30.4 Å². The van der Waals surface area contributed by atoms with Crippen LogP contribution in [0.15, 0.2) is 59.3 Å². The number of carbonyl (C=O) groups is 1. The highest BCUT2D eigenvalue weighted by molar-refractivity contribution is 5.95. The van der Waals surface area contributed by atoms with Gasteiger partial charge in [0.25, 0.3) is 5.89 Å². The molecule has 0 amide bonds. The molecular formula is C29H29N7O4. The van der Waals surface area contributed by atoms with E-state index in [1.165, 1.54) is 0 Å². The molecule has 3 heterocycles. The number of aromatic nitrogens is 4. The van der Waals surface area contributed by atoms with Crippen molar-refractivity contribution in [3.8, 4) is 11.5 Å². The summed E-state index contributed by atoms with van der Waals surface area (Å²) in [5, 5.41) is 21.0. The number of ether oxygens (including phenoxy) is 1. The zero-order valence-corrected chi connectivity index (χ0v) is 22.1. The quantitative estimate of drug-likeness (QED) is 0.240. The molecule has 2 bridgehead atoms. The lowest BCUT2D eigenvalue weighted by Crippen LogP contribution is -2.74. The van der Waals surface area contributed by atoms with Gasteiger partial charge in [-0.3, -0.25) is 0 Å². The van der Waals surface area contributed by atoms with Crippen LogP contribution in [0.25, 0.3) is 11.5 Å². The van der Waals surface area contributed by atoms with Crippen molar-refractivity contribution < 1.29 is 19.2 Å². The van der Waals surface area contributed by atoms with Crippen molar-refractivity contribution >= 4 is 23.4 Å². The van der Waals surface area contributed by atoms with Crippen LogP contribution in [-0.2, 0) is 15.8 Å². The lowest BCUT2D eigenvalue weighted by Gasteiger charge is -2.67. The van der Waals surface area contributed by atoms with Crippen molar-refractivity contribution in [1.29, 1.82) is 0 Å². The first-order valence-corrected chi connectivity index (χ1v) is 13.2. The molecule has 4 aromatic rings. The van der Waals surface area contributed by atoms with Crippen molar-refractivity contribution in [2.24, 2.45) is 5.73 Å². The predicted molar refractivity (Wildman–Crippen MR) is 146 cm³/mol. The first-order chi connectivity index (χ1) is 19.2. The standard InChI is InChI=1S/C29H29N7O4/c1-27(2)20-10-17(8-9-18(20)24(38)39-27)32-26-31-11-19(22(34-26)33-21(12-37)16-6-4-3-5-7-16)23-35-25(36-40-23)28-13-29(30,14-28)15-28/h3-11,21,37H,12-15,30H2,1-2H3,(H2,31,32,33,34). The zero-order valence-electron chi connectivity index (χ0n) is 22.1. The minimum atomic E-state index is -0.731. The van der Waals surface area contributed by atoms with Crippen molar-refractivity contribution in [2.75, 3.05) is 17.2 Å². The Bertz CT molecular complexity index is 1610. The van der Waals surface area contributed by atoms with E-state index in [2.05, 4.69) is 20.8 Å². The third kappa shape index (κ3) is 3.92. The molecule has 3 saturated carbocycles. The average molecular weight is 540 g/mol. The van der Waals surface area contributed by atoms with Crippen molar-refractivity contribution in [1.82, 2.24) is 20.1 Å². The highest BCUT2D eigenvalue weighted by Crippen LogP contribution is 2.65. The lowest BCUT2D eigenvalue weighted by molar-refractivity contribution is -0.0664. The Morgan fingerprint density at radius 1 is 1.07 bits per heavy atom. The summed E-state index contributed by atoms with van der Waals surface area (Å²) in [7, 11) is 0. The summed E-state index contributed by atoms with van der Waals surface area (Å²) >= 11 is 0. The van der Waals surface area contributed by atoms with Crippen molar-refractivity contribution in [3.63, 3.8) is 0 Å². The fraction of sp³-hybridized carbons (Fsp3) is 0.345. The number of rotatable bonds is 8. The number of aliphatic hydroxyl groups is 1. The van der Waals surface area contributed by atoms with E-state index < -0.39 is 11.6 Å². The number of cyclic esters (lactones) is 1. The van der Waals surface area contributed by atoms with Crippen LogP contribution in [0.3, 0.4) is 0 Å². The van der Waals surface area contributed by atoms with E-state index in [1.807, 2.05) is 50.2 Å². The molecule has 0 radical (unpaired) electrons. The fourth-order valence-corrected chi connectivity index (χ4v) is 6.21. The number of hydrogen-bond acceptors (Lipinski definition) is 11. The number of nitrogens with zero attached hydrogens (tertiary/aromatic N) is 4. The average Bonchev–Trinajstić information content (AvgIpc) is 3.47. The Hall–Kier alpha value is -4.35. The van der Waals surface area contributed by atoms with Gasteiger partial charge in [-0.25, -0.2) is 9.78 Å². The van der Waals surface area contributed by atoms with Gasteiger partial charge in [-0.2, -0.15) is 9.97 Å². The third-order valence-electron chi connectivity index (χ3n) is 8.18. The Balaban J connectivity index is 1.23. The molecule has 1 aliphatic heterocycles. The van der Waals surface area contributed by atoms with Gasteiger partial charge in [-0.05, 0) is 56.9 Å². The molecule has 5 N–H and O–H groups in total. The summed E-state index contributed by atoms with van der Waals surface area (Å²) in [6, 6.07) is 14.5. The van der Waals surface area contributed by atoms with E-state index in [4.69, 9.17) is 25.0 Å². The second-order valence-electron chi connectivity index (χ2n) is 11.6. The highest BCUT2D eigenvalue weighted by atomic mass is 16.6. The summed E-state index contributed by atoms with van der Waals surface area (Å²) in [6.45, 7) is 3.54. The number of anilines is 3. The summed E-state index contributed by atoms with van der Waals surface area (Å²) in [6.07, 6.45) is 4.19. The van der Waals surface area contributed by atoms with Crippen LogP contribution in [0.1, 0.15) is 66.5 Å². The van der Waals surface area contributed by atoms with Gasteiger partial charge in [0.1, 0.15) is 17.0 Å². The van der Waals surface area contributed by atoms with Gasteiger partial charge in [0.15, 0.2) is 5.82 Å². The second kappa shape index (κ2) is 8.57. The molecular weight excluding hydrogens is 510 g/mol.